The molecule has 2 unspecified atom stereocenters. The van der Waals surface area contributed by atoms with Crippen LogP contribution in [0.3, 0.4) is 0 Å². The summed E-state index contributed by atoms with van der Waals surface area (Å²) in [6.07, 6.45) is 1.58. The Balaban J connectivity index is 2.29. The zero-order chi connectivity index (χ0) is 22.5. The number of rotatable bonds is 9. The van der Waals surface area contributed by atoms with Crippen molar-refractivity contribution < 1.29 is 27.1 Å². The van der Waals surface area contributed by atoms with Crippen molar-refractivity contribution in [2.45, 2.75) is 32.4 Å². The average Bonchev–Trinajstić information content (AvgIpc) is 2.71. The Kier molecular flexibility index (Phi) is 7.66. The number of anilines is 1. The third-order valence-corrected chi connectivity index (χ3v) is 5.95. The highest BCUT2D eigenvalue weighted by Crippen LogP contribution is 2.31. The molecule has 9 heteroatoms. The minimum absolute atomic E-state index is 0.209. The van der Waals surface area contributed by atoms with Crippen molar-refractivity contribution in [2.75, 3.05) is 24.8 Å². The summed E-state index contributed by atoms with van der Waals surface area (Å²) in [6, 6.07) is 8.87. The normalized spacial score (nSPS) is 13.3. The number of nitrogens with one attached hydrogen (secondary N) is 1. The molecule has 2 aromatic carbocycles. The van der Waals surface area contributed by atoms with Crippen LogP contribution < -0.4 is 19.1 Å². The Bertz CT molecular complexity index is 979. The van der Waals surface area contributed by atoms with Gasteiger partial charge in [0.2, 0.25) is 15.9 Å². The predicted octanol–water partition coefficient (Wildman–Crippen LogP) is 3.26. The van der Waals surface area contributed by atoms with Gasteiger partial charge in [-0.15, -0.1) is 0 Å². The molecule has 7 nitrogen and oxygen atoms in total. The van der Waals surface area contributed by atoms with Gasteiger partial charge in [0.05, 0.1) is 32.2 Å². The number of amides is 1. The fraction of sp³-hybridized carbons (Fsp3) is 0.381. The van der Waals surface area contributed by atoms with Crippen molar-refractivity contribution in [3.05, 3.63) is 53.8 Å². The maximum Gasteiger partial charge on any atom is 0.244 e. The summed E-state index contributed by atoms with van der Waals surface area (Å²) < 4.78 is 49.5. The van der Waals surface area contributed by atoms with Crippen LogP contribution in [0.15, 0.2) is 42.5 Å². The standard InChI is InChI=1S/C21H27FN2O5S/c1-6-18(15-7-12-19(28-3)20(13-15)29-4)23-21(25)14(2)24(30(5,26)27)17-10-8-16(22)9-11-17/h7-14,18H,6H2,1-5H3,(H,23,25). The summed E-state index contributed by atoms with van der Waals surface area (Å²) in [6.45, 7) is 3.39. The van der Waals surface area contributed by atoms with Crippen LogP contribution in [0.2, 0.25) is 0 Å². The van der Waals surface area contributed by atoms with Crippen molar-refractivity contribution in [2.24, 2.45) is 0 Å². The van der Waals surface area contributed by atoms with Crippen LogP contribution in [-0.2, 0) is 14.8 Å². The molecule has 2 aromatic rings. The predicted molar refractivity (Wildman–Crippen MR) is 114 cm³/mol. The number of carbonyl (C=O) groups excluding carboxylic acids is 1. The molecule has 2 atom stereocenters. The van der Waals surface area contributed by atoms with E-state index in [1.165, 1.54) is 33.3 Å². The number of benzene rings is 2. The fourth-order valence-electron chi connectivity index (χ4n) is 3.18. The Morgan fingerprint density at radius 1 is 1.10 bits per heavy atom. The Morgan fingerprint density at radius 3 is 2.20 bits per heavy atom. The van der Waals surface area contributed by atoms with E-state index < -0.39 is 27.8 Å². The molecule has 0 saturated heterocycles. The van der Waals surface area contributed by atoms with Gasteiger partial charge in [-0.2, -0.15) is 0 Å². The van der Waals surface area contributed by atoms with E-state index in [1.807, 2.05) is 13.0 Å². The first-order chi connectivity index (χ1) is 14.1. The number of hydrogen-bond acceptors (Lipinski definition) is 5. The Morgan fingerprint density at radius 2 is 1.70 bits per heavy atom. The molecule has 2 rings (SSSR count). The second-order valence-electron chi connectivity index (χ2n) is 6.80. The third kappa shape index (κ3) is 5.41. The second kappa shape index (κ2) is 9.80. The maximum absolute atomic E-state index is 13.3. The molecule has 0 aliphatic carbocycles. The molecule has 0 spiro atoms. The van der Waals surface area contributed by atoms with Gasteiger partial charge >= 0.3 is 0 Å². The summed E-state index contributed by atoms with van der Waals surface area (Å²) >= 11 is 0. The molecule has 0 fully saturated rings. The van der Waals surface area contributed by atoms with Crippen molar-refractivity contribution in [3.8, 4) is 11.5 Å². The molecular formula is C21H27FN2O5S. The van der Waals surface area contributed by atoms with Gasteiger partial charge in [-0.05, 0) is 55.3 Å². The van der Waals surface area contributed by atoms with E-state index in [0.29, 0.717) is 17.9 Å². The molecule has 164 valence electrons. The highest BCUT2D eigenvalue weighted by Gasteiger charge is 2.30. The van der Waals surface area contributed by atoms with Gasteiger partial charge in [-0.1, -0.05) is 13.0 Å². The Hall–Kier alpha value is -2.81. The summed E-state index contributed by atoms with van der Waals surface area (Å²) in [5.41, 5.74) is 1.00. The first kappa shape index (κ1) is 23.5. The van der Waals surface area contributed by atoms with Gasteiger partial charge in [0.15, 0.2) is 11.5 Å². The number of methoxy groups -OCH3 is 2. The lowest BCUT2D eigenvalue weighted by atomic mass is 10.0. The summed E-state index contributed by atoms with van der Waals surface area (Å²) in [4.78, 5) is 12.9. The SMILES string of the molecule is CCC(NC(=O)C(C)N(c1ccc(F)cc1)S(C)(=O)=O)c1ccc(OC)c(OC)c1. The monoisotopic (exact) mass is 438 g/mol. The largest absolute Gasteiger partial charge is 0.493 e. The van der Waals surface area contributed by atoms with E-state index in [-0.39, 0.29) is 11.7 Å². The van der Waals surface area contributed by atoms with E-state index in [1.54, 1.807) is 12.1 Å². The fourth-order valence-corrected chi connectivity index (χ4v) is 4.35. The van der Waals surface area contributed by atoms with Crippen LogP contribution in [0, 0.1) is 5.82 Å². The highest BCUT2D eigenvalue weighted by molar-refractivity contribution is 7.92. The number of hydrogen-bond donors (Lipinski definition) is 1. The van der Waals surface area contributed by atoms with E-state index in [0.717, 1.165) is 28.3 Å². The zero-order valence-electron chi connectivity index (χ0n) is 17.7. The maximum atomic E-state index is 13.3. The Labute approximate surface area is 176 Å². The smallest absolute Gasteiger partial charge is 0.244 e. The molecule has 0 aromatic heterocycles. The van der Waals surface area contributed by atoms with Gasteiger partial charge in [-0.25, -0.2) is 12.8 Å². The van der Waals surface area contributed by atoms with Crippen LogP contribution in [0.4, 0.5) is 10.1 Å². The van der Waals surface area contributed by atoms with E-state index in [4.69, 9.17) is 9.47 Å². The third-order valence-electron chi connectivity index (χ3n) is 4.70. The van der Waals surface area contributed by atoms with Gasteiger partial charge in [0.1, 0.15) is 11.9 Å². The number of sulfonamides is 1. The number of nitrogens with zero attached hydrogens (tertiary/aromatic N) is 1. The molecule has 0 aliphatic heterocycles. The van der Waals surface area contributed by atoms with E-state index in [9.17, 15) is 17.6 Å². The van der Waals surface area contributed by atoms with Gasteiger partial charge in [0.25, 0.3) is 0 Å². The van der Waals surface area contributed by atoms with Crippen LogP contribution in [0.1, 0.15) is 31.9 Å². The molecule has 30 heavy (non-hydrogen) atoms. The summed E-state index contributed by atoms with van der Waals surface area (Å²) in [5, 5.41) is 2.89. The zero-order valence-corrected chi connectivity index (χ0v) is 18.5. The van der Waals surface area contributed by atoms with Crippen molar-refractivity contribution in [1.82, 2.24) is 5.32 Å². The lowest BCUT2D eigenvalue weighted by molar-refractivity contribution is -0.122. The molecule has 0 saturated carbocycles. The topological polar surface area (TPSA) is 84.9 Å². The van der Waals surface area contributed by atoms with E-state index >= 15 is 0 Å². The quantitative estimate of drug-likeness (QED) is 0.650. The molecular weight excluding hydrogens is 411 g/mol. The number of halogens is 1. The lowest BCUT2D eigenvalue weighted by Gasteiger charge is -2.30. The summed E-state index contributed by atoms with van der Waals surface area (Å²) in [7, 11) is -0.729. The molecule has 1 N–H and O–H groups in total. The molecule has 0 bridgehead atoms. The number of ether oxygens (including phenoxy) is 2. The first-order valence-electron chi connectivity index (χ1n) is 9.39. The lowest BCUT2D eigenvalue weighted by Crippen LogP contribution is -2.48. The van der Waals surface area contributed by atoms with Crippen molar-refractivity contribution >= 4 is 21.6 Å². The first-order valence-corrected chi connectivity index (χ1v) is 11.2. The molecule has 0 radical (unpaired) electrons. The second-order valence-corrected chi connectivity index (χ2v) is 8.65. The molecule has 0 heterocycles. The van der Waals surface area contributed by atoms with Crippen molar-refractivity contribution in [3.63, 3.8) is 0 Å². The van der Waals surface area contributed by atoms with Crippen LogP contribution >= 0.6 is 0 Å². The average molecular weight is 439 g/mol. The minimum atomic E-state index is -3.79. The van der Waals surface area contributed by atoms with Crippen molar-refractivity contribution in [1.29, 1.82) is 0 Å². The minimum Gasteiger partial charge on any atom is -0.493 e. The van der Waals surface area contributed by atoms with Crippen LogP contribution in [0.25, 0.3) is 0 Å². The molecule has 1 amide bonds. The van der Waals surface area contributed by atoms with Gasteiger partial charge in [-0.3, -0.25) is 9.10 Å². The highest BCUT2D eigenvalue weighted by atomic mass is 32.2. The van der Waals surface area contributed by atoms with Gasteiger partial charge in [0, 0.05) is 0 Å². The van der Waals surface area contributed by atoms with Crippen LogP contribution in [0.5, 0.6) is 11.5 Å². The van der Waals surface area contributed by atoms with Gasteiger partial charge < -0.3 is 14.8 Å². The number of carbonyl (C=O) groups is 1. The van der Waals surface area contributed by atoms with E-state index in [2.05, 4.69) is 5.32 Å². The molecule has 0 aliphatic rings. The van der Waals surface area contributed by atoms with Crippen LogP contribution in [-0.4, -0.2) is 40.8 Å². The summed E-state index contributed by atoms with van der Waals surface area (Å²) in [5.74, 6) is 0.116.